The Morgan fingerprint density at radius 3 is 2.05 bits per heavy atom. The quantitative estimate of drug-likeness (QED) is 0.753. The van der Waals surface area contributed by atoms with E-state index in [0.29, 0.717) is 17.4 Å². The molecule has 1 aromatic rings. The monoisotopic (exact) mass is 318 g/mol. The zero-order valence-corrected chi connectivity index (χ0v) is 13.0. The van der Waals surface area contributed by atoms with Gasteiger partial charge in [0.05, 0.1) is 6.10 Å². The lowest BCUT2D eigenvalue weighted by molar-refractivity contribution is -0.0328. The molecule has 1 aliphatic rings. The molecule has 0 saturated heterocycles. The van der Waals surface area contributed by atoms with E-state index in [9.17, 15) is 18.3 Å². The van der Waals surface area contributed by atoms with Crippen molar-refractivity contribution in [3.8, 4) is 0 Å². The summed E-state index contributed by atoms with van der Waals surface area (Å²) in [6.45, 7) is 4.39. The first-order valence-corrected chi connectivity index (χ1v) is 8.10. The third-order valence-electron chi connectivity index (χ3n) is 4.12. The molecule has 5 heteroatoms. The van der Waals surface area contributed by atoms with Gasteiger partial charge in [0, 0.05) is 4.90 Å². The summed E-state index contributed by atoms with van der Waals surface area (Å²) in [4.78, 5) is 0.156. The van der Waals surface area contributed by atoms with Crippen LogP contribution in [0.5, 0.6) is 0 Å². The van der Waals surface area contributed by atoms with E-state index in [0.717, 1.165) is 12.8 Å². The van der Waals surface area contributed by atoms with Gasteiger partial charge < -0.3 is 5.11 Å². The maximum atomic E-state index is 12.3. The van der Waals surface area contributed by atoms with Gasteiger partial charge >= 0.3 is 5.51 Å². The van der Waals surface area contributed by atoms with Gasteiger partial charge in [-0.05, 0) is 66.5 Å². The van der Waals surface area contributed by atoms with E-state index >= 15 is 0 Å². The maximum Gasteiger partial charge on any atom is 0.446 e. The second kappa shape index (κ2) is 6.61. The smallest absolute Gasteiger partial charge is 0.388 e. The van der Waals surface area contributed by atoms with Crippen molar-refractivity contribution in [3.63, 3.8) is 0 Å². The Kier molecular flexibility index (Phi) is 5.25. The van der Waals surface area contributed by atoms with Gasteiger partial charge in [-0.15, -0.1) is 0 Å². The molecule has 1 aromatic carbocycles. The summed E-state index contributed by atoms with van der Waals surface area (Å²) in [5, 5.41) is 10.5. The van der Waals surface area contributed by atoms with E-state index in [-0.39, 0.29) is 22.6 Å². The Morgan fingerprint density at radius 2 is 1.57 bits per heavy atom. The molecule has 0 aromatic heterocycles. The molecule has 0 bridgehead atoms. The molecule has 0 aliphatic heterocycles. The Balaban J connectivity index is 2.04. The SMILES string of the molecule is CC1CC(C)CC(C(O)c2ccc(SC(F)(F)F)cc2)C1. The topological polar surface area (TPSA) is 20.2 Å². The summed E-state index contributed by atoms with van der Waals surface area (Å²) in [7, 11) is 0. The highest BCUT2D eigenvalue weighted by Crippen LogP contribution is 2.41. The highest BCUT2D eigenvalue weighted by molar-refractivity contribution is 8.00. The minimum absolute atomic E-state index is 0.124. The van der Waals surface area contributed by atoms with Gasteiger partial charge in [-0.3, -0.25) is 0 Å². The van der Waals surface area contributed by atoms with Crippen molar-refractivity contribution in [2.45, 2.75) is 49.6 Å². The molecule has 2 rings (SSSR count). The number of benzene rings is 1. The maximum absolute atomic E-state index is 12.3. The molecule has 3 atom stereocenters. The molecule has 118 valence electrons. The average Bonchev–Trinajstić information content (AvgIpc) is 2.35. The molecule has 0 spiro atoms. The van der Waals surface area contributed by atoms with E-state index in [1.54, 1.807) is 12.1 Å². The summed E-state index contributed by atoms with van der Waals surface area (Å²) in [6, 6.07) is 6.10. The number of aliphatic hydroxyl groups excluding tert-OH is 1. The molecule has 0 radical (unpaired) electrons. The molecule has 1 fully saturated rings. The van der Waals surface area contributed by atoms with Crippen LogP contribution in [0.25, 0.3) is 0 Å². The Morgan fingerprint density at radius 1 is 1.05 bits per heavy atom. The molecular weight excluding hydrogens is 297 g/mol. The predicted octanol–water partition coefficient (Wildman–Crippen LogP) is 5.40. The first-order valence-electron chi connectivity index (χ1n) is 7.28. The summed E-state index contributed by atoms with van der Waals surface area (Å²) >= 11 is -0.124. The van der Waals surface area contributed by atoms with Crippen molar-refractivity contribution in [2.24, 2.45) is 17.8 Å². The van der Waals surface area contributed by atoms with Crippen molar-refractivity contribution in [2.75, 3.05) is 0 Å². The predicted molar refractivity (Wildman–Crippen MR) is 79.0 cm³/mol. The molecule has 0 amide bonds. The summed E-state index contributed by atoms with van der Waals surface area (Å²) in [5.41, 5.74) is -3.55. The second-order valence-electron chi connectivity index (χ2n) is 6.24. The Hall–Kier alpha value is -0.680. The average molecular weight is 318 g/mol. The van der Waals surface area contributed by atoms with Crippen molar-refractivity contribution in [3.05, 3.63) is 29.8 Å². The number of hydrogen-bond donors (Lipinski definition) is 1. The van der Waals surface area contributed by atoms with Crippen LogP contribution in [0.4, 0.5) is 13.2 Å². The van der Waals surface area contributed by atoms with Crippen LogP contribution in [0.1, 0.15) is 44.8 Å². The Labute approximate surface area is 127 Å². The standard InChI is InChI=1S/C16H21F3OS/c1-10-7-11(2)9-13(8-10)15(20)12-3-5-14(6-4-12)21-16(17,18)19/h3-6,10-11,13,15,20H,7-9H2,1-2H3. The van der Waals surface area contributed by atoms with Gasteiger partial charge in [0.15, 0.2) is 0 Å². The first kappa shape index (κ1) is 16.7. The molecule has 1 nitrogen and oxygen atoms in total. The number of hydrogen-bond acceptors (Lipinski definition) is 2. The minimum atomic E-state index is -4.27. The van der Waals surface area contributed by atoms with Crippen LogP contribution in [0.2, 0.25) is 0 Å². The van der Waals surface area contributed by atoms with Gasteiger partial charge in [-0.2, -0.15) is 13.2 Å². The van der Waals surface area contributed by atoms with Crippen LogP contribution in [0, 0.1) is 17.8 Å². The van der Waals surface area contributed by atoms with Crippen LogP contribution in [0.15, 0.2) is 29.2 Å². The molecule has 1 saturated carbocycles. The fourth-order valence-corrected chi connectivity index (χ4v) is 3.95. The summed E-state index contributed by atoms with van der Waals surface area (Å²) in [6.07, 6.45) is 2.56. The lowest BCUT2D eigenvalue weighted by Gasteiger charge is -2.34. The van der Waals surface area contributed by atoms with E-state index < -0.39 is 11.6 Å². The van der Waals surface area contributed by atoms with Crippen molar-refractivity contribution in [1.82, 2.24) is 0 Å². The zero-order chi connectivity index (χ0) is 15.6. The first-order chi connectivity index (χ1) is 9.74. The molecule has 21 heavy (non-hydrogen) atoms. The van der Waals surface area contributed by atoms with Crippen LogP contribution in [-0.2, 0) is 0 Å². The van der Waals surface area contributed by atoms with Crippen molar-refractivity contribution in [1.29, 1.82) is 0 Å². The van der Waals surface area contributed by atoms with Gasteiger partial charge in [0.2, 0.25) is 0 Å². The number of rotatable bonds is 3. The van der Waals surface area contributed by atoms with Crippen LogP contribution >= 0.6 is 11.8 Å². The van der Waals surface area contributed by atoms with Gasteiger partial charge in [-0.1, -0.05) is 26.0 Å². The van der Waals surface area contributed by atoms with E-state index in [1.165, 1.54) is 18.6 Å². The normalized spacial score (nSPS) is 28.4. The van der Waals surface area contributed by atoms with E-state index in [2.05, 4.69) is 13.8 Å². The fourth-order valence-electron chi connectivity index (χ4n) is 3.41. The van der Waals surface area contributed by atoms with Gasteiger partial charge in [-0.25, -0.2) is 0 Å². The van der Waals surface area contributed by atoms with Crippen LogP contribution < -0.4 is 0 Å². The number of aliphatic hydroxyl groups is 1. The molecular formula is C16H21F3OS. The lowest BCUT2D eigenvalue weighted by atomic mass is 9.73. The number of thioether (sulfide) groups is 1. The molecule has 1 N–H and O–H groups in total. The highest BCUT2D eigenvalue weighted by atomic mass is 32.2. The third kappa shape index (κ3) is 4.92. The number of alkyl halides is 3. The second-order valence-corrected chi connectivity index (χ2v) is 7.38. The summed E-state index contributed by atoms with van der Waals surface area (Å²) < 4.78 is 36.9. The highest BCUT2D eigenvalue weighted by Gasteiger charge is 2.31. The van der Waals surface area contributed by atoms with Crippen LogP contribution in [-0.4, -0.2) is 10.6 Å². The fraction of sp³-hybridized carbons (Fsp3) is 0.625. The Bertz CT molecular complexity index is 448. The van der Waals surface area contributed by atoms with E-state index in [1.807, 2.05) is 0 Å². The zero-order valence-electron chi connectivity index (χ0n) is 12.2. The van der Waals surface area contributed by atoms with Crippen molar-refractivity contribution < 1.29 is 18.3 Å². The van der Waals surface area contributed by atoms with E-state index in [4.69, 9.17) is 0 Å². The van der Waals surface area contributed by atoms with Gasteiger partial charge in [0.25, 0.3) is 0 Å². The summed E-state index contributed by atoms with van der Waals surface area (Å²) in [5.74, 6) is 1.38. The largest absolute Gasteiger partial charge is 0.446 e. The molecule has 3 unspecified atom stereocenters. The lowest BCUT2D eigenvalue weighted by Crippen LogP contribution is -2.24. The van der Waals surface area contributed by atoms with Crippen LogP contribution in [0.3, 0.4) is 0 Å². The number of halogens is 3. The van der Waals surface area contributed by atoms with Gasteiger partial charge in [0.1, 0.15) is 0 Å². The molecule has 1 aliphatic carbocycles. The third-order valence-corrected chi connectivity index (χ3v) is 4.86. The molecule has 0 heterocycles. The van der Waals surface area contributed by atoms with Crippen molar-refractivity contribution >= 4 is 11.8 Å². The minimum Gasteiger partial charge on any atom is -0.388 e.